The first-order chi connectivity index (χ1) is 19.3. The number of carboxylic acid groups (broad SMARTS) is 1. The fourth-order valence-corrected chi connectivity index (χ4v) is 4.19. The van der Waals surface area contributed by atoms with E-state index in [0.717, 1.165) is 22.2 Å². The number of rotatable bonds is 6. The SMILES string of the molecule is CC(=O)N1C[C@H](C(=O)NO)[C@H](NC(=O)c2ccc(OCc3cc(C)nc4ccccc34)cc2)C1.O=C(O)C(F)(F)F. The van der Waals surface area contributed by atoms with Gasteiger partial charge in [0.1, 0.15) is 12.4 Å². The molecule has 1 aliphatic heterocycles. The van der Waals surface area contributed by atoms with Gasteiger partial charge in [-0.15, -0.1) is 0 Å². The van der Waals surface area contributed by atoms with Crippen molar-refractivity contribution < 1.29 is 47.4 Å². The number of pyridine rings is 1. The first kappa shape index (κ1) is 30.8. The van der Waals surface area contributed by atoms with Crippen LogP contribution in [0.3, 0.4) is 0 Å². The number of para-hydroxylation sites is 1. The molecule has 0 unspecified atom stereocenters. The van der Waals surface area contributed by atoms with Gasteiger partial charge in [-0.2, -0.15) is 13.2 Å². The number of nitrogens with one attached hydrogen (secondary N) is 2. The summed E-state index contributed by atoms with van der Waals surface area (Å²) in [5.74, 6) is -4.11. The smallest absolute Gasteiger partial charge is 0.489 e. The average Bonchev–Trinajstić information content (AvgIpc) is 3.35. The minimum atomic E-state index is -5.08. The summed E-state index contributed by atoms with van der Waals surface area (Å²) in [4.78, 5) is 51.3. The number of aromatic nitrogens is 1. The Morgan fingerprint density at radius 2 is 1.71 bits per heavy atom. The van der Waals surface area contributed by atoms with Crippen molar-refractivity contribution in [1.29, 1.82) is 0 Å². The molecule has 2 atom stereocenters. The first-order valence-corrected chi connectivity index (χ1v) is 12.2. The zero-order valence-electron chi connectivity index (χ0n) is 21.9. The molecule has 4 N–H and O–H groups in total. The Kier molecular flexibility index (Phi) is 9.84. The molecule has 0 spiro atoms. The minimum Gasteiger partial charge on any atom is -0.489 e. The highest BCUT2D eigenvalue weighted by Crippen LogP contribution is 2.22. The summed E-state index contributed by atoms with van der Waals surface area (Å²) in [5, 5.41) is 19.9. The van der Waals surface area contributed by atoms with Crippen LogP contribution in [0, 0.1) is 12.8 Å². The molecule has 0 bridgehead atoms. The molecule has 0 radical (unpaired) electrons. The van der Waals surface area contributed by atoms with Gasteiger partial charge in [-0.05, 0) is 43.3 Å². The molecule has 218 valence electrons. The van der Waals surface area contributed by atoms with Crippen LogP contribution >= 0.6 is 0 Å². The summed E-state index contributed by atoms with van der Waals surface area (Å²) in [7, 11) is 0. The summed E-state index contributed by atoms with van der Waals surface area (Å²) in [6, 6.07) is 16.0. The van der Waals surface area contributed by atoms with Crippen molar-refractivity contribution >= 4 is 34.6 Å². The maximum atomic E-state index is 12.8. The Labute approximate surface area is 231 Å². The van der Waals surface area contributed by atoms with Crippen molar-refractivity contribution in [2.45, 2.75) is 32.7 Å². The second-order valence-corrected chi connectivity index (χ2v) is 9.14. The Hall–Kier alpha value is -4.72. The molecule has 4 rings (SSSR count). The van der Waals surface area contributed by atoms with E-state index in [9.17, 15) is 27.6 Å². The van der Waals surface area contributed by atoms with Crippen LogP contribution in [0.1, 0.15) is 28.5 Å². The standard InChI is InChI=1S/C25H26N4O5.C2HF3O2/c1-15-11-18(20-5-3-4-6-22(20)26-15)14-34-19-9-7-17(8-10-19)24(31)27-23-13-29(16(2)30)12-21(23)25(32)28-33;3-2(4,5)1(6)7/h3-11,21,23,33H,12-14H2,1-2H3,(H,27,31)(H,28,32);(H,6,7)/t21-,23+;/m0./s1. The fourth-order valence-electron chi connectivity index (χ4n) is 4.19. The molecule has 41 heavy (non-hydrogen) atoms. The van der Waals surface area contributed by atoms with Gasteiger partial charge in [0.05, 0.1) is 17.5 Å². The van der Waals surface area contributed by atoms with Crippen molar-refractivity contribution in [2.75, 3.05) is 13.1 Å². The van der Waals surface area contributed by atoms with Gasteiger partial charge in [0.25, 0.3) is 5.91 Å². The van der Waals surface area contributed by atoms with Crippen molar-refractivity contribution in [3.05, 3.63) is 71.4 Å². The molecule has 1 fully saturated rings. The lowest BCUT2D eigenvalue weighted by molar-refractivity contribution is -0.192. The van der Waals surface area contributed by atoms with E-state index in [4.69, 9.17) is 19.8 Å². The van der Waals surface area contributed by atoms with Crippen LogP contribution in [-0.2, 0) is 21.0 Å². The molecule has 2 heterocycles. The second kappa shape index (κ2) is 13.1. The van der Waals surface area contributed by atoms with Gasteiger partial charge in [0.2, 0.25) is 11.8 Å². The maximum Gasteiger partial charge on any atom is 0.490 e. The number of ether oxygens (including phenoxy) is 1. The zero-order valence-corrected chi connectivity index (χ0v) is 21.9. The van der Waals surface area contributed by atoms with Gasteiger partial charge >= 0.3 is 12.1 Å². The van der Waals surface area contributed by atoms with Gasteiger partial charge in [-0.1, -0.05) is 18.2 Å². The lowest BCUT2D eigenvalue weighted by Crippen LogP contribution is -2.45. The first-order valence-electron chi connectivity index (χ1n) is 12.2. The Morgan fingerprint density at radius 3 is 2.29 bits per heavy atom. The fraction of sp³-hybridized carbons (Fsp3) is 0.296. The Morgan fingerprint density at radius 1 is 1.07 bits per heavy atom. The molecule has 14 heteroatoms. The number of carbonyl (C=O) groups excluding carboxylic acids is 3. The number of alkyl halides is 3. The van der Waals surface area contributed by atoms with Crippen molar-refractivity contribution in [3.63, 3.8) is 0 Å². The van der Waals surface area contributed by atoms with Crippen molar-refractivity contribution in [1.82, 2.24) is 20.7 Å². The van der Waals surface area contributed by atoms with Crippen molar-refractivity contribution in [3.8, 4) is 5.75 Å². The molecule has 1 aromatic heterocycles. The Bertz CT molecular complexity index is 1430. The van der Waals surface area contributed by atoms with Crippen LogP contribution < -0.4 is 15.5 Å². The number of hydrogen-bond donors (Lipinski definition) is 4. The van der Waals surface area contributed by atoms with Gasteiger partial charge in [-0.3, -0.25) is 24.6 Å². The molecule has 3 amide bonds. The number of carbonyl (C=O) groups is 4. The van der Waals surface area contributed by atoms with E-state index in [1.165, 1.54) is 11.8 Å². The number of aryl methyl sites for hydroxylation is 1. The molecule has 2 aromatic carbocycles. The predicted octanol–water partition coefficient (Wildman–Crippen LogP) is 2.84. The van der Waals surface area contributed by atoms with Crippen LogP contribution in [0.15, 0.2) is 54.6 Å². The van der Waals surface area contributed by atoms with Gasteiger partial charge < -0.3 is 20.1 Å². The van der Waals surface area contributed by atoms with Crippen molar-refractivity contribution in [2.24, 2.45) is 5.92 Å². The number of carboxylic acids is 1. The van der Waals surface area contributed by atoms with Gasteiger partial charge in [-0.25, -0.2) is 10.3 Å². The number of fused-ring (bicyclic) bond motifs is 1. The number of amides is 3. The van der Waals surface area contributed by atoms with E-state index in [1.54, 1.807) is 29.7 Å². The van der Waals surface area contributed by atoms with Crippen LogP contribution in [0.4, 0.5) is 13.2 Å². The quantitative estimate of drug-likeness (QED) is 0.258. The molecule has 0 saturated carbocycles. The molecule has 11 nitrogen and oxygen atoms in total. The molecule has 3 aromatic rings. The summed E-state index contributed by atoms with van der Waals surface area (Å²) in [5.41, 5.74) is 4.85. The third-order valence-electron chi connectivity index (χ3n) is 6.21. The van der Waals surface area contributed by atoms with Gasteiger partial charge in [0.15, 0.2) is 0 Å². The largest absolute Gasteiger partial charge is 0.490 e. The number of nitrogens with zero attached hydrogens (tertiary/aromatic N) is 2. The van der Waals surface area contributed by atoms with E-state index in [0.29, 0.717) is 17.9 Å². The average molecular weight is 577 g/mol. The number of halogens is 3. The van der Waals surface area contributed by atoms with E-state index in [2.05, 4.69) is 10.3 Å². The second-order valence-electron chi connectivity index (χ2n) is 9.14. The zero-order chi connectivity index (χ0) is 30.3. The summed E-state index contributed by atoms with van der Waals surface area (Å²) in [6.07, 6.45) is -5.08. The highest BCUT2D eigenvalue weighted by molar-refractivity contribution is 5.95. The number of likely N-dealkylation sites (tertiary alicyclic amines) is 1. The van der Waals surface area contributed by atoms with Gasteiger partial charge in [0, 0.05) is 42.2 Å². The normalized spacial score (nSPS) is 16.4. The highest BCUT2D eigenvalue weighted by Gasteiger charge is 2.40. The van der Waals surface area contributed by atoms with Crippen LogP contribution in [0.2, 0.25) is 0 Å². The van der Waals surface area contributed by atoms with E-state index < -0.39 is 30.0 Å². The Balaban J connectivity index is 0.000000587. The third-order valence-corrected chi connectivity index (χ3v) is 6.21. The third kappa shape index (κ3) is 8.14. The maximum absolute atomic E-state index is 12.8. The van der Waals surface area contributed by atoms with E-state index in [-0.39, 0.29) is 24.9 Å². The van der Waals surface area contributed by atoms with Crippen LogP contribution in [0.25, 0.3) is 10.9 Å². The number of benzene rings is 2. The summed E-state index contributed by atoms with van der Waals surface area (Å²) < 4.78 is 37.7. The summed E-state index contributed by atoms with van der Waals surface area (Å²) >= 11 is 0. The van der Waals surface area contributed by atoms with Crippen LogP contribution in [0.5, 0.6) is 5.75 Å². The topological polar surface area (TPSA) is 158 Å². The predicted molar refractivity (Wildman–Crippen MR) is 138 cm³/mol. The number of aliphatic carboxylic acids is 1. The van der Waals surface area contributed by atoms with Crippen LogP contribution in [-0.4, -0.2) is 69.2 Å². The summed E-state index contributed by atoms with van der Waals surface area (Å²) in [6.45, 7) is 4.02. The lowest BCUT2D eigenvalue weighted by Gasteiger charge is -2.18. The van der Waals surface area contributed by atoms with E-state index in [1.807, 2.05) is 37.3 Å². The molecular formula is C27H27F3N4O7. The van der Waals surface area contributed by atoms with E-state index >= 15 is 0 Å². The monoisotopic (exact) mass is 576 g/mol. The minimum absolute atomic E-state index is 0.128. The molecule has 1 saturated heterocycles. The number of hydroxylamine groups is 1. The molecule has 0 aliphatic carbocycles. The lowest BCUT2D eigenvalue weighted by atomic mass is 10.0. The number of hydrogen-bond acceptors (Lipinski definition) is 7. The highest BCUT2D eigenvalue weighted by atomic mass is 19.4. The molecule has 1 aliphatic rings. The molecular weight excluding hydrogens is 549 g/mol.